The number of thioether (sulfide) groups is 1. The van der Waals surface area contributed by atoms with Gasteiger partial charge in [0.2, 0.25) is 0 Å². The van der Waals surface area contributed by atoms with Crippen molar-refractivity contribution in [2.45, 2.75) is 8.96 Å². The fourth-order valence-electron chi connectivity index (χ4n) is 3.10. The van der Waals surface area contributed by atoms with Crippen LogP contribution >= 0.6 is 23.1 Å². The third-order valence-corrected chi connectivity index (χ3v) is 6.63. The Morgan fingerprint density at radius 2 is 1.08 bits per heavy atom. The van der Waals surface area contributed by atoms with Gasteiger partial charge in [-0.1, -0.05) is 103 Å². The average molecular weight is 360 g/mol. The van der Waals surface area contributed by atoms with Gasteiger partial charge in [-0.3, -0.25) is 4.98 Å². The van der Waals surface area contributed by atoms with E-state index in [4.69, 9.17) is 0 Å². The summed E-state index contributed by atoms with van der Waals surface area (Å²) >= 11 is 3.54. The molecular formula is C22H17NS2. The predicted molar refractivity (Wildman–Crippen MR) is 107 cm³/mol. The van der Waals surface area contributed by atoms with Gasteiger partial charge in [0.1, 0.15) is 0 Å². The van der Waals surface area contributed by atoms with E-state index in [2.05, 4.69) is 96.0 Å². The molecule has 0 fully saturated rings. The molecule has 0 saturated carbocycles. The molecule has 0 aliphatic carbocycles. The molecule has 0 atom stereocenters. The molecule has 1 nitrogen and oxygen atoms in total. The third kappa shape index (κ3) is 3.13. The quantitative estimate of drug-likeness (QED) is 0.309. The van der Waals surface area contributed by atoms with Crippen molar-refractivity contribution in [3.8, 4) is 0 Å². The van der Waals surface area contributed by atoms with Crippen molar-refractivity contribution in [1.29, 1.82) is 0 Å². The number of hydrogen-bond acceptors (Lipinski definition) is 3. The molecule has 0 unspecified atom stereocenters. The zero-order chi connectivity index (χ0) is 17.0. The van der Waals surface area contributed by atoms with E-state index in [0.29, 0.717) is 0 Å². The van der Waals surface area contributed by atoms with Gasteiger partial charge in [-0.2, -0.15) is 0 Å². The van der Waals surface area contributed by atoms with E-state index in [0.717, 1.165) is 0 Å². The Morgan fingerprint density at radius 1 is 0.640 bits per heavy atom. The van der Waals surface area contributed by atoms with Gasteiger partial charge in [0.25, 0.3) is 0 Å². The van der Waals surface area contributed by atoms with Crippen molar-refractivity contribution in [3.05, 3.63) is 119 Å². The number of hydrogen-bond donors (Lipinski definition) is 0. The summed E-state index contributed by atoms with van der Waals surface area (Å²) in [5.41, 5.74) is 5.70. The smallest absolute Gasteiger partial charge is 0.0962 e. The molecule has 1 heterocycles. The molecule has 1 aromatic heterocycles. The van der Waals surface area contributed by atoms with Crippen molar-refractivity contribution in [1.82, 2.24) is 4.98 Å². The van der Waals surface area contributed by atoms with Crippen LogP contribution in [0.25, 0.3) is 0 Å². The fraction of sp³-hybridized carbons (Fsp3) is 0.0455. The summed E-state index contributed by atoms with van der Waals surface area (Å²) in [7, 11) is 0. The number of benzene rings is 3. The van der Waals surface area contributed by atoms with E-state index in [-0.39, 0.29) is 4.75 Å². The normalized spacial score (nSPS) is 11.4. The van der Waals surface area contributed by atoms with E-state index in [1.165, 1.54) is 20.9 Å². The number of rotatable bonds is 5. The molecule has 0 amide bonds. The highest BCUT2D eigenvalue weighted by molar-refractivity contribution is 8.02. The summed E-state index contributed by atoms with van der Waals surface area (Å²) < 4.78 is 0.896. The number of nitrogens with zero attached hydrogens (tertiary/aromatic N) is 1. The zero-order valence-electron chi connectivity index (χ0n) is 13.6. The Kier molecular flexibility index (Phi) is 4.68. The summed E-state index contributed by atoms with van der Waals surface area (Å²) in [5, 5.41) is 0. The molecule has 3 aromatic carbocycles. The van der Waals surface area contributed by atoms with Crippen LogP contribution in [0.5, 0.6) is 0 Å². The summed E-state index contributed by atoms with van der Waals surface area (Å²) in [6.07, 6.45) is 1.96. The SMILES string of the molecule is c1ccc(C(Sc2cncs2)(c2ccccc2)c2ccccc2)cc1. The van der Waals surface area contributed by atoms with Crippen molar-refractivity contribution >= 4 is 23.1 Å². The lowest BCUT2D eigenvalue weighted by Gasteiger charge is -2.34. The lowest BCUT2D eigenvalue weighted by Crippen LogP contribution is -2.25. The van der Waals surface area contributed by atoms with Crippen molar-refractivity contribution in [2.75, 3.05) is 0 Å². The van der Waals surface area contributed by atoms with Gasteiger partial charge in [-0.05, 0) is 16.7 Å². The Bertz CT molecular complexity index is 808. The first-order valence-electron chi connectivity index (χ1n) is 8.14. The average Bonchev–Trinajstić information content (AvgIpc) is 3.21. The minimum absolute atomic E-state index is 0.309. The Hall–Kier alpha value is -2.36. The van der Waals surface area contributed by atoms with Crippen LogP contribution in [-0.2, 0) is 4.75 Å². The fourth-order valence-corrected chi connectivity index (χ4v) is 5.32. The Morgan fingerprint density at radius 3 is 1.44 bits per heavy atom. The standard InChI is InChI=1S/C22H17NS2/c1-4-10-18(11-5-1)22(19-12-6-2-7-13-19,20-14-8-3-9-15-20)25-21-16-23-17-24-21/h1-17H. The van der Waals surface area contributed by atoms with E-state index in [1.54, 1.807) is 11.3 Å². The summed E-state index contributed by atoms with van der Waals surface area (Å²) in [4.78, 5) is 4.29. The molecule has 3 heteroatoms. The van der Waals surface area contributed by atoms with Crippen LogP contribution in [0.3, 0.4) is 0 Å². The lowest BCUT2D eigenvalue weighted by molar-refractivity contribution is 0.895. The van der Waals surface area contributed by atoms with Crippen molar-refractivity contribution in [3.63, 3.8) is 0 Å². The van der Waals surface area contributed by atoms with Crippen LogP contribution in [0.2, 0.25) is 0 Å². The molecule has 0 spiro atoms. The molecular weight excluding hydrogens is 342 g/mol. The van der Waals surface area contributed by atoms with Gasteiger partial charge in [-0.15, -0.1) is 11.3 Å². The summed E-state index contributed by atoms with van der Waals surface area (Å²) in [6, 6.07) is 32.2. The molecule has 0 saturated heterocycles. The van der Waals surface area contributed by atoms with Gasteiger partial charge < -0.3 is 0 Å². The first-order chi connectivity index (χ1) is 12.4. The Labute approximate surface area is 156 Å². The highest BCUT2D eigenvalue weighted by Gasteiger charge is 2.37. The predicted octanol–water partition coefficient (Wildman–Crippen LogP) is 6.23. The summed E-state index contributed by atoms with van der Waals surface area (Å²) in [6.45, 7) is 0. The molecule has 122 valence electrons. The Balaban J connectivity index is 2.01. The lowest BCUT2D eigenvalue weighted by atomic mass is 9.84. The van der Waals surface area contributed by atoms with Gasteiger partial charge >= 0.3 is 0 Å². The molecule has 4 aromatic rings. The van der Waals surface area contributed by atoms with Gasteiger partial charge in [0.15, 0.2) is 0 Å². The number of thiazole rings is 1. The first kappa shape index (κ1) is 16.1. The van der Waals surface area contributed by atoms with Crippen LogP contribution < -0.4 is 0 Å². The van der Waals surface area contributed by atoms with Crippen molar-refractivity contribution in [2.24, 2.45) is 0 Å². The van der Waals surface area contributed by atoms with Gasteiger partial charge in [0.05, 0.1) is 20.7 Å². The highest BCUT2D eigenvalue weighted by Crippen LogP contribution is 2.52. The topological polar surface area (TPSA) is 12.9 Å². The highest BCUT2D eigenvalue weighted by atomic mass is 32.2. The molecule has 0 radical (unpaired) electrons. The van der Waals surface area contributed by atoms with E-state index < -0.39 is 0 Å². The van der Waals surface area contributed by atoms with E-state index in [1.807, 2.05) is 23.5 Å². The molecule has 25 heavy (non-hydrogen) atoms. The van der Waals surface area contributed by atoms with Crippen LogP contribution in [0.15, 0.2) is 107 Å². The second-order valence-corrected chi connectivity index (χ2v) is 8.10. The largest absolute Gasteiger partial charge is 0.252 e. The third-order valence-electron chi connectivity index (χ3n) is 4.20. The van der Waals surface area contributed by atoms with Crippen LogP contribution in [-0.4, -0.2) is 4.98 Å². The zero-order valence-corrected chi connectivity index (χ0v) is 15.2. The molecule has 4 rings (SSSR count). The minimum Gasteiger partial charge on any atom is -0.252 e. The maximum absolute atomic E-state index is 4.29. The van der Waals surface area contributed by atoms with Gasteiger partial charge in [0, 0.05) is 0 Å². The monoisotopic (exact) mass is 359 g/mol. The van der Waals surface area contributed by atoms with Gasteiger partial charge in [-0.25, -0.2) is 0 Å². The maximum Gasteiger partial charge on any atom is 0.0962 e. The van der Waals surface area contributed by atoms with Crippen LogP contribution in [0.4, 0.5) is 0 Å². The van der Waals surface area contributed by atoms with Crippen molar-refractivity contribution < 1.29 is 0 Å². The van der Waals surface area contributed by atoms with Crippen LogP contribution in [0.1, 0.15) is 16.7 Å². The van der Waals surface area contributed by atoms with Crippen LogP contribution in [0, 0.1) is 0 Å². The van der Waals surface area contributed by atoms with E-state index >= 15 is 0 Å². The number of aromatic nitrogens is 1. The van der Waals surface area contributed by atoms with E-state index in [9.17, 15) is 0 Å². The molecule has 0 aliphatic rings. The second-order valence-electron chi connectivity index (χ2n) is 5.70. The molecule has 0 N–H and O–H groups in total. The first-order valence-corrected chi connectivity index (χ1v) is 9.83. The maximum atomic E-state index is 4.29. The second kappa shape index (κ2) is 7.26. The summed E-state index contributed by atoms with van der Waals surface area (Å²) in [5.74, 6) is 0. The minimum atomic E-state index is -0.309. The molecule has 0 aliphatic heterocycles. The molecule has 0 bridgehead atoms.